The van der Waals surface area contributed by atoms with Crippen molar-refractivity contribution in [1.82, 2.24) is 9.97 Å². The van der Waals surface area contributed by atoms with Crippen molar-refractivity contribution in [3.8, 4) is 11.5 Å². The predicted molar refractivity (Wildman–Crippen MR) is 96.2 cm³/mol. The molecule has 30 heavy (non-hydrogen) atoms. The number of benzene rings is 2. The maximum absolute atomic E-state index is 13.9. The van der Waals surface area contributed by atoms with E-state index in [1.54, 1.807) is 25.1 Å². The van der Waals surface area contributed by atoms with E-state index in [0.717, 1.165) is 0 Å². The highest BCUT2D eigenvalue weighted by Crippen LogP contribution is 2.31. The number of amides is 1. The fraction of sp³-hybridized carbons (Fsp3) is 0.0500. The average molecular weight is 419 g/mol. The van der Waals surface area contributed by atoms with E-state index in [1.165, 1.54) is 18.3 Å². The third kappa shape index (κ3) is 3.06. The largest absolute Gasteiger partial charge is 0.434 e. The van der Waals surface area contributed by atoms with Crippen LogP contribution in [0.1, 0.15) is 15.9 Å². The Balaban J connectivity index is 1.73. The zero-order chi connectivity index (χ0) is 21.6. The van der Waals surface area contributed by atoms with Crippen LogP contribution in [0.15, 0.2) is 40.9 Å². The van der Waals surface area contributed by atoms with Gasteiger partial charge in [-0.25, -0.2) is 26.9 Å². The Kier molecular flexibility index (Phi) is 4.69. The molecule has 4 rings (SSSR count). The number of nitrogens with one attached hydrogen (secondary N) is 1. The molecule has 4 aromatic rings. The van der Waals surface area contributed by atoms with Gasteiger partial charge >= 0.3 is 0 Å². The SMILES string of the molecule is Cc1c(NC(=O)c2c(F)c(F)c(F)c(F)c2F)cccc1-c1nc2ncccc2o1. The van der Waals surface area contributed by atoms with E-state index < -0.39 is 40.6 Å². The smallest absolute Gasteiger partial charge is 0.261 e. The van der Waals surface area contributed by atoms with Crippen LogP contribution in [0.25, 0.3) is 22.7 Å². The van der Waals surface area contributed by atoms with Crippen LogP contribution in [-0.4, -0.2) is 15.9 Å². The maximum atomic E-state index is 13.9. The molecule has 0 saturated heterocycles. The minimum Gasteiger partial charge on any atom is -0.434 e. The number of carbonyl (C=O) groups is 1. The highest BCUT2D eigenvalue weighted by atomic mass is 19.2. The fourth-order valence-corrected chi connectivity index (χ4v) is 2.88. The van der Waals surface area contributed by atoms with Crippen molar-refractivity contribution in [1.29, 1.82) is 0 Å². The Morgan fingerprint density at radius 1 is 0.933 bits per heavy atom. The Morgan fingerprint density at radius 2 is 1.60 bits per heavy atom. The van der Waals surface area contributed by atoms with Crippen LogP contribution in [0.2, 0.25) is 0 Å². The molecule has 2 aromatic heterocycles. The summed E-state index contributed by atoms with van der Waals surface area (Å²) in [6.07, 6.45) is 1.53. The van der Waals surface area contributed by atoms with E-state index in [9.17, 15) is 26.7 Å². The summed E-state index contributed by atoms with van der Waals surface area (Å²) in [6, 6.07) is 7.82. The number of anilines is 1. The number of hydrogen-bond acceptors (Lipinski definition) is 4. The van der Waals surface area contributed by atoms with Gasteiger partial charge in [-0.3, -0.25) is 4.79 Å². The third-order valence-corrected chi connectivity index (χ3v) is 4.41. The van der Waals surface area contributed by atoms with Gasteiger partial charge in [-0.05, 0) is 36.8 Å². The number of hydrogen-bond donors (Lipinski definition) is 1. The normalized spacial score (nSPS) is 11.1. The summed E-state index contributed by atoms with van der Waals surface area (Å²) in [6.45, 7) is 1.56. The van der Waals surface area contributed by atoms with Crippen LogP contribution in [0.3, 0.4) is 0 Å². The van der Waals surface area contributed by atoms with Gasteiger partial charge in [-0.15, -0.1) is 0 Å². The molecule has 0 bridgehead atoms. The summed E-state index contributed by atoms with van der Waals surface area (Å²) in [5.74, 6) is -12.5. The van der Waals surface area contributed by atoms with Gasteiger partial charge in [-0.2, -0.15) is 4.98 Å². The summed E-state index contributed by atoms with van der Waals surface area (Å²) in [4.78, 5) is 20.6. The first-order valence-electron chi connectivity index (χ1n) is 8.44. The molecule has 2 aromatic carbocycles. The number of fused-ring (bicyclic) bond motifs is 1. The third-order valence-electron chi connectivity index (χ3n) is 4.41. The number of pyridine rings is 1. The number of halogens is 5. The number of rotatable bonds is 3. The van der Waals surface area contributed by atoms with Crippen LogP contribution >= 0.6 is 0 Å². The first kappa shape index (κ1) is 19.5. The number of carbonyl (C=O) groups excluding carboxylic acids is 1. The lowest BCUT2D eigenvalue weighted by molar-refractivity contribution is 0.101. The van der Waals surface area contributed by atoms with Gasteiger partial charge in [0.25, 0.3) is 5.91 Å². The molecule has 152 valence electrons. The standard InChI is InChI=1S/C20H10F5N3O2/c1-8-9(20-28-18-11(30-20)6-3-7-26-18)4-2-5-10(8)27-19(29)12-13(21)15(23)17(25)16(24)14(12)22/h2-7H,1H3,(H,27,29). The van der Waals surface area contributed by atoms with E-state index >= 15 is 0 Å². The van der Waals surface area contributed by atoms with Crippen LogP contribution < -0.4 is 5.32 Å². The highest BCUT2D eigenvalue weighted by Gasteiger charge is 2.30. The molecule has 10 heteroatoms. The maximum Gasteiger partial charge on any atom is 0.261 e. The zero-order valence-electron chi connectivity index (χ0n) is 15.1. The minimum absolute atomic E-state index is 0.0663. The molecule has 0 aliphatic rings. The molecule has 0 fully saturated rings. The minimum atomic E-state index is -2.34. The lowest BCUT2D eigenvalue weighted by atomic mass is 10.1. The molecule has 0 unspecified atom stereocenters. The Bertz CT molecular complexity index is 1260. The van der Waals surface area contributed by atoms with Crippen molar-refractivity contribution in [3.63, 3.8) is 0 Å². The monoisotopic (exact) mass is 419 g/mol. The van der Waals surface area contributed by atoms with E-state index in [4.69, 9.17) is 4.42 Å². The molecular formula is C20H10F5N3O2. The topological polar surface area (TPSA) is 68.0 Å². The van der Waals surface area contributed by atoms with Crippen molar-refractivity contribution in [2.45, 2.75) is 6.92 Å². The Hall–Kier alpha value is -3.82. The van der Waals surface area contributed by atoms with Gasteiger partial charge in [0.1, 0.15) is 5.56 Å². The second kappa shape index (κ2) is 7.21. The molecular weight excluding hydrogens is 409 g/mol. The second-order valence-corrected chi connectivity index (χ2v) is 6.22. The number of aromatic nitrogens is 2. The number of oxazole rings is 1. The van der Waals surface area contributed by atoms with Crippen molar-refractivity contribution in [2.75, 3.05) is 5.32 Å². The van der Waals surface area contributed by atoms with Gasteiger partial charge in [0, 0.05) is 17.4 Å². The Morgan fingerprint density at radius 3 is 2.27 bits per heavy atom. The van der Waals surface area contributed by atoms with E-state index in [2.05, 4.69) is 15.3 Å². The molecule has 1 N–H and O–H groups in total. The van der Waals surface area contributed by atoms with E-state index in [-0.39, 0.29) is 11.6 Å². The van der Waals surface area contributed by atoms with Gasteiger partial charge in [-0.1, -0.05) is 6.07 Å². The molecule has 0 aliphatic carbocycles. The van der Waals surface area contributed by atoms with Gasteiger partial charge in [0.15, 0.2) is 34.5 Å². The van der Waals surface area contributed by atoms with E-state index in [1.807, 2.05) is 0 Å². The zero-order valence-corrected chi connectivity index (χ0v) is 15.1. The van der Waals surface area contributed by atoms with Gasteiger partial charge in [0.05, 0.1) is 0 Å². The Labute approximate surface area is 165 Å². The molecule has 0 saturated carbocycles. The van der Waals surface area contributed by atoms with Gasteiger partial charge in [0.2, 0.25) is 11.7 Å². The van der Waals surface area contributed by atoms with E-state index in [0.29, 0.717) is 22.4 Å². The predicted octanol–water partition coefficient (Wildman–Crippen LogP) is 5.15. The first-order valence-corrected chi connectivity index (χ1v) is 8.44. The summed E-state index contributed by atoms with van der Waals surface area (Å²) >= 11 is 0. The lowest BCUT2D eigenvalue weighted by Gasteiger charge is -2.12. The summed E-state index contributed by atoms with van der Waals surface area (Å²) in [7, 11) is 0. The molecule has 1 amide bonds. The molecule has 0 atom stereocenters. The molecule has 2 heterocycles. The fourth-order valence-electron chi connectivity index (χ4n) is 2.88. The first-order chi connectivity index (χ1) is 14.3. The van der Waals surface area contributed by atoms with Crippen molar-refractivity contribution >= 4 is 22.8 Å². The molecule has 0 spiro atoms. The lowest BCUT2D eigenvalue weighted by Crippen LogP contribution is -2.19. The number of nitrogens with zero attached hydrogens (tertiary/aromatic N) is 2. The van der Waals surface area contributed by atoms with Crippen molar-refractivity contribution in [3.05, 3.63) is 76.7 Å². The highest BCUT2D eigenvalue weighted by molar-refractivity contribution is 6.05. The molecule has 0 aliphatic heterocycles. The van der Waals surface area contributed by atoms with Crippen LogP contribution in [-0.2, 0) is 0 Å². The summed E-state index contributed by atoms with van der Waals surface area (Å²) < 4.78 is 73.4. The molecule has 5 nitrogen and oxygen atoms in total. The second-order valence-electron chi connectivity index (χ2n) is 6.22. The summed E-state index contributed by atoms with van der Waals surface area (Å²) in [5, 5.41) is 2.17. The average Bonchev–Trinajstić information content (AvgIpc) is 3.16. The van der Waals surface area contributed by atoms with Crippen LogP contribution in [0.4, 0.5) is 27.6 Å². The van der Waals surface area contributed by atoms with Crippen LogP contribution in [0, 0.1) is 36.0 Å². The van der Waals surface area contributed by atoms with Crippen molar-refractivity contribution in [2.24, 2.45) is 0 Å². The summed E-state index contributed by atoms with van der Waals surface area (Å²) in [5.41, 5.74) is 0.0777. The van der Waals surface area contributed by atoms with Crippen LogP contribution in [0.5, 0.6) is 0 Å². The van der Waals surface area contributed by atoms with Gasteiger partial charge < -0.3 is 9.73 Å². The quantitative estimate of drug-likeness (QED) is 0.284. The molecule has 0 radical (unpaired) electrons. The van der Waals surface area contributed by atoms with Crippen molar-refractivity contribution < 1.29 is 31.2 Å².